The van der Waals surface area contributed by atoms with Crippen LogP contribution in [0.2, 0.25) is 0 Å². The fourth-order valence-corrected chi connectivity index (χ4v) is 6.13. The highest BCUT2D eigenvalue weighted by atomic mass is 31.2. The Morgan fingerprint density at radius 1 is 0.774 bits per heavy atom. The molecule has 0 radical (unpaired) electrons. The molecule has 0 aliphatic heterocycles. The molecule has 2 aromatic rings. The average molecular weight is 448 g/mol. The number of rotatable bonds is 11. The third kappa shape index (κ3) is 4.77. The van der Waals surface area contributed by atoms with Gasteiger partial charge in [0, 0.05) is 6.16 Å². The molecule has 0 aliphatic rings. The minimum Gasteiger partial charge on any atom is -0.496 e. The highest BCUT2D eigenvalue weighted by Crippen LogP contribution is 2.57. The fraction of sp³-hybridized carbons (Fsp3) is 0.391. The summed E-state index contributed by atoms with van der Waals surface area (Å²) in [4.78, 5) is 27.5. The molecule has 31 heavy (non-hydrogen) atoms. The fourth-order valence-electron chi connectivity index (χ4n) is 3.31. The summed E-state index contributed by atoms with van der Waals surface area (Å²) in [6, 6.07) is 9.57. The van der Waals surface area contributed by atoms with E-state index < -0.39 is 18.2 Å². The molecular weight excluding hydrogens is 419 g/mol. The highest BCUT2D eigenvalue weighted by molar-refractivity contribution is 7.95. The van der Waals surface area contributed by atoms with Crippen molar-refractivity contribution in [2.45, 2.75) is 20.3 Å². The number of ether oxygens (including phenoxy) is 4. The Bertz CT molecular complexity index is 883. The number of carbonyl (C=O) groups is 2. The van der Waals surface area contributed by atoms with Crippen LogP contribution in [-0.2, 0) is 4.57 Å². The van der Waals surface area contributed by atoms with Crippen molar-refractivity contribution in [3.05, 3.63) is 47.5 Å². The van der Waals surface area contributed by atoms with Gasteiger partial charge in [-0.05, 0) is 30.2 Å². The summed E-state index contributed by atoms with van der Waals surface area (Å²) in [6.07, 6.45) is 0.556. The molecule has 1 atom stereocenters. The predicted molar refractivity (Wildman–Crippen MR) is 120 cm³/mol. The zero-order valence-corrected chi connectivity index (χ0v) is 19.7. The van der Waals surface area contributed by atoms with Crippen molar-refractivity contribution in [3.63, 3.8) is 0 Å². The summed E-state index contributed by atoms with van der Waals surface area (Å²) < 4.78 is 35.6. The first-order valence-electron chi connectivity index (χ1n) is 9.89. The standard InChI is InChI=1S/C23H29O7P/c1-7-15(2)14-31(26,22(24)20-16(27-3)10-8-11-17(20)28-4)23(25)21-18(29-5)12-9-13-19(21)30-6/h8-13,15H,7,14H2,1-6H3. The van der Waals surface area contributed by atoms with Crippen molar-refractivity contribution in [1.29, 1.82) is 0 Å². The van der Waals surface area contributed by atoms with Gasteiger partial charge in [-0.25, -0.2) is 0 Å². The second-order valence-corrected chi connectivity index (χ2v) is 9.78. The molecule has 0 heterocycles. The highest BCUT2D eigenvalue weighted by Gasteiger charge is 2.46. The van der Waals surface area contributed by atoms with Gasteiger partial charge in [-0.15, -0.1) is 0 Å². The van der Waals surface area contributed by atoms with Crippen LogP contribution >= 0.6 is 7.14 Å². The lowest BCUT2D eigenvalue weighted by Gasteiger charge is -2.23. The van der Waals surface area contributed by atoms with Gasteiger partial charge in [0.1, 0.15) is 34.1 Å². The summed E-state index contributed by atoms with van der Waals surface area (Å²) in [5, 5.41) is 0. The Balaban J connectivity index is 2.77. The summed E-state index contributed by atoms with van der Waals surface area (Å²) in [5.74, 6) is 0.615. The lowest BCUT2D eigenvalue weighted by molar-refractivity contribution is 0.103. The number of carbonyl (C=O) groups excluding carboxylic acids is 2. The number of benzene rings is 2. The molecule has 0 amide bonds. The van der Waals surface area contributed by atoms with Gasteiger partial charge in [-0.3, -0.25) is 9.59 Å². The maximum absolute atomic E-state index is 14.3. The smallest absolute Gasteiger partial charge is 0.236 e. The van der Waals surface area contributed by atoms with Crippen molar-refractivity contribution in [2.75, 3.05) is 34.6 Å². The van der Waals surface area contributed by atoms with E-state index in [4.69, 9.17) is 18.9 Å². The summed E-state index contributed by atoms with van der Waals surface area (Å²) >= 11 is 0. The van der Waals surface area contributed by atoms with Gasteiger partial charge in [-0.2, -0.15) is 0 Å². The zero-order valence-electron chi connectivity index (χ0n) is 18.8. The van der Waals surface area contributed by atoms with Crippen molar-refractivity contribution in [3.8, 4) is 23.0 Å². The van der Waals surface area contributed by atoms with Crippen LogP contribution in [0, 0.1) is 5.92 Å². The van der Waals surface area contributed by atoms with Crippen molar-refractivity contribution >= 4 is 18.2 Å². The number of methoxy groups -OCH3 is 4. The topological polar surface area (TPSA) is 88.1 Å². The maximum Gasteiger partial charge on any atom is 0.236 e. The van der Waals surface area contributed by atoms with Crippen LogP contribution in [0.1, 0.15) is 41.0 Å². The van der Waals surface area contributed by atoms with Gasteiger partial charge in [0.2, 0.25) is 18.2 Å². The first-order chi connectivity index (χ1) is 14.8. The van der Waals surface area contributed by atoms with Crippen molar-refractivity contribution in [1.82, 2.24) is 0 Å². The number of hydrogen-bond acceptors (Lipinski definition) is 7. The van der Waals surface area contributed by atoms with Crippen molar-refractivity contribution in [2.24, 2.45) is 5.92 Å². The largest absolute Gasteiger partial charge is 0.496 e. The molecule has 2 aromatic carbocycles. The third-order valence-corrected chi connectivity index (χ3v) is 8.10. The quantitative estimate of drug-likeness (QED) is 0.441. The van der Waals surface area contributed by atoms with E-state index in [1.165, 1.54) is 28.4 Å². The molecular formula is C23H29O7P. The van der Waals surface area contributed by atoms with Gasteiger partial charge in [0.05, 0.1) is 28.4 Å². The molecule has 0 saturated heterocycles. The lowest BCUT2D eigenvalue weighted by Crippen LogP contribution is -2.19. The first-order valence-corrected chi connectivity index (χ1v) is 11.8. The molecule has 0 spiro atoms. The van der Waals surface area contributed by atoms with Gasteiger partial charge < -0.3 is 23.5 Å². The van der Waals surface area contributed by atoms with Crippen LogP contribution in [0.5, 0.6) is 23.0 Å². The van der Waals surface area contributed by atoms with Gasteiger partial charge >= 0.3 is 0 Å². The summed E-state index contributed by atoms with van der Waals surface area (Å²) in [5.41, 5.74) is -1.64. The van der Waals surface area contributed by atoms with E-state index in [1.807, 2.05) is 13.8 Å². The van der Waals surface area contributed by atoms with Crippen LogP contribution in [0.4, 0.5) is 0 Å². The molecule has 7 nitrogen and oxygen atoms in total. The molecule has 2 rings (SSSR count). The Hall–Kier alpha value is -2.79. The van der Waals surface area contributed by atoms with E-state index in [9.17, 15) is 14.2 Å². The molecule has 1 unspecified atom stereocenters. The molecule has 0 aliphatic carbocycles. The monoisotopic (exact) mass is 448 g/mol. The van der Waals surface area contributed by atoms with Crippen LogP contribution < -0.4 is 18.9 Å². The normalized spacial score (nSPS) is 12.1. The Morgan fingerprint density at radius 2 is 1.10 bits per heavy atom. The van der Waals surface area contributed by atoms with Crippen LogP contribution in [0.15, 0.2) is 36.4 Å². The molecule has 0 bridgehead atoms. The van der Waals surface area contributed by atoms with E-state index in [0.29, 0.717) is 6.42 Å². The zero-order chi connectivity index (χ0) is 23.2. The Morgan fingerprint density at radius 3 is 1.35 bits per heavy atom. The van der Waals surface area contributed by atoms with E-state index in [2.05, 4.69) is 0 Å². The first kappa shape index (κ1) is 24.5. The van der Waals surface area contributed by atoms with Gasteiger partial charge in [0.15, 0.2) is 0 Å². The summed E-state index contributed by atoms with van der Waals surface area (Å²) in [6.45, 7) is 3.77. The van der Waals surface area contributed by atoms with Crippen molar-refractivity contribution < 1.29 is 33.1 Å². The van der Waals surface area contributed by atoms with Crippen LogP contribution in [-0.4, -0.2) is 45.6 Å². The maximum atomic E-state index is 14.3. The van der Waals surface area contributed by atoms with E-state index in [0.717, 1.165) is 0 Å². The SMILES string of the molecule is CCC(C)CP(=O)(C(=O)c1c(OC)cccc1OC)C(=O)c1c(OC)cccc1OC. The summed E-state index contributed by atoms with van der Waals surface area (Å²) in [7, 11) is 1.42. The van der Waals surface area contributed by atoms with Crippen LogP contribution in [0.25, 0.3) is 0 Å². The van der Waals surface area contributed by atoms with Gasteiger partial charge in [0.25, 0.3) is 0 Å². The molecule has 168 valence electrons. The van der Waals surface area contributed by atoms with E-state index in [-0.39, 0.29) is 46.2 Å². The second kappa shape index (κ2) is 10.5. The predicted octanol–water partition coefficient (Wildman–Crippen LogP) is 5.11. The van der Waals surface area contributed by atoms with E-state index >= 15 is 0 Å². The average Bonchev–Trinajstić information content (AvgIpc) is 2.81. The molecule has 0 N–H and O–H groups in total. The molecule has 8 heteroatoms. The van der Waals surface area contributed by atoms with E-state index in [1.54, 1.807) is 36.4 Å². The van der Waals surface area contributed by atoms with Crippen LogP contribution in [0.3, 0.4) is 0 Å². The minimum atomic E-state index is -4.18. The molecule has 0 saturated carbocycles. The molecule has 0 aromatic heterocycles. The third-order valence-electron chi connectivity index (χ3n) is 5.21. The number of hydrogen-bond donors (Lipinski definition) is 0. The minimum absolute atomic E-state index is 0.0126. The molecule has 0 fully saturated rings. The van der Waals surface area contributed by atoms with Gasteiger partial charge in [-0.1, -0.05) is 32.4 Å². The Labute approximate surface area is 183 Å². The lowest BCUT2D eigenvalue weighted by atomic mass is 10.2. The second-order valence-electron chi connectivity index (χ2n) is 7.12. The Kier molecular flexibility index (Phi) is 8.28.